The number of piperidine rings is 1. The van der Waals surface area contributed by atoms with Crippen molar-refractivity contribution in [2.24, 2.45) is 5.92 Å². The van der Waals surface area contributed by atoms with Crippen molar-refractivity contribution >= 4 is 42.3 Å². The number of anilines is 1. The topological polar surface area (TPSA) is 83.1 Å². The first-order chi connectivity index (χ1) is 13.2. The number of hydrogen-bond acceptors (Lipinski definition) is 4. The molecule has 1 aromatic carbocycles. The van der Waals surface area contributed by atoms with Gasteiger partial charge in [0.1, 0.15) is 0 Å². The average molecular weight is 439 g/mol. The number of aromatic nitrogens is 1. The molecule has 3 rings (SSSR count). The molecule has 1 aromatic heterocycles. The number of nitrogens with one attached hydrogen (secondary N) is 3. The van der Waals surface area contributed by atoms with Gasteiger partial charge in [0.25, 0.3) is 5.91 Å². The van der Waals surface area contributed by atoms with Crippen molar-refractivity contribution in [1.29, 1.82) is 0 Å². The zero-order chi connectivity index (χ0) is 18.9. The lowest BCUT2D eigenvalue weighted by molar-refractivity contribution is -0.121. The third-order valence-corrected chi connectivity index (χ3v) is 4.86. The number of rotatable bonds is 7. The molecule has 8 heteroatoms. The number of pyridine rings is 1. The summed E-state index contributed by atoms with van der Waals surface area (Å²) in [7, 11) is 0. The summed E-state index contributed by atoms with van der Waals surface area (Å²) >= 11 is 0. The van der Waals surface area contributed by atoms with Crippen LogP contribution >= 0.6 is 24.8 Å². The summed E-state index contributed by atoms with van der Waals surface area (Å²) in [6.45, 7) is 2.54. The number of carbonyl (C=O) groups excluding carboxylic acids is 2. The zero-order valence-electron chi connectivity index (χ0n) is 16.2. The molecule has 0 bridgehead atoms. The second-order valence-electron chi connectivity index (χ2n) is 6.90. The first kappa shape index (κ1) is 24.9. The van der Waals surface area contributed by atoms with Crippen LogP contribution in [0.4, 0.5) is 5.69 Å². The summed E-state index contributed by atoms with van der Waals surface area (Å²) in [5.74, 6) is 0.540. The van der Waals surface area contributed by atoms with E-state index in [4.69, 9.17) is 0 Å². The van der Waals surface area contributed by atoms with Crippen molar-refractivity contribution in [2.45, 2.75) is 32.2 Å². The number of benzene rings is 1. The van der Waals surface area contributed by atoms with Crippen molar-refractivity contribution in [1.82, 2.24) is 15.6 Å². The van der Waals surface area contributed by atoms with E-state index in [2.05, 4.69) is 20.9 Å². The fourth-order valence-electron chi connectivity index (χ4n) is 3.26. The Labute approximate surface area is 184 Å². The maximum atomic E-state index is 12.4. The van der Waals surface area contributed by atoms with Crippen molar-refractivity contribution in [2.75, 3.05) is 18.4 Å². The van der Waals surface area contributed by atoms with Crippen LogP contribution in [0.3, 0.4) is 0 Å². The van der Waals surface area contributed by atoms with E-state index < -0.39 is 0 Å². The molecule has 29 heavy (non-hydrogen) atoms. The molecule has 0 atom stereocenters. The Morgan fingerprint density at radius 2 is 1.79 bits per heavy atom. The molecular weight excluding hydrogens is 411 g/mol. The van der Waals surface area contributed by atoms with Gasteiger partial charge in [-0.2, -0.15) is 0 Å². The molecule has 1 fully saturated rings. The van der Waals surface area contributed by atoms with E-state index in [0.29, 0.717) is 30.1 Å². The molecule has 0 aliphatic carbocycles. The van der Waals surface area contributed by atoms with E-state index in [-0.39, 0.29) is 36.6 Å². The van der Waals surface area contributed by atoms with Crippen molar-refractivity contribution in [3.05, 3.63) is 59.9 Å². The molecule has 2 amide bonds. The molecule has 0 spiro atoms. The maximum Gasteiger partial charge on any atom is 0.255 e. The van der Waals surface area contributed by atoms with Gasteiger partial charge in [-0.1, -0.05) is 12.1 Å². The minimum Gasteiger partial charge on any atom is -0.352 e. The lowest BCUT2D eigenvalue weighted by Gasteiger charge is -2.22. The van der Waals surface area contributed by atoms with Crippen molar-refractivity contribution < 1.29 is 9.59 Å². The molecule has 158 valence electrons. The highest BCUT2D eigenvalue weighted by molar-refractivity contribution is 6.04. The molecule has 3 N–H and O–H groups in total. The van der Waals surface area contributed by atoms with Crippen LogP contribution in [0.1, 0.15) is 41.6 Å². The lowest BCUT2D eigenvalue weighted by atomic mass is 9.93. The smallest absolute Gasteiger partial charge is 0.255 e. The van der Waals surface area contributed by atoms with Gasteiger partial charge < -0.3 is 16.0 Å². The van der Waals surface area contributed by atoms with Crippen LogP contribution < -0.4 is 16.0 Å². The Bertz CT molecular complexity index is 768. The lowest BCUT2D eigenvalue weighted by Crippen LogP contribution is -2.29. The molecule has 0 unspecified atom stereocenters. The largest absolute Gasteiger partial charge is 0.352 e. The van der Waals surface area contributed by atoms with Gasteiger partial charge in [-0.3, -0.25) is 14.6 Å². The Morgan fingerprint density at radius 1 is 1.07 bits per heavy atom. The van der Waals surface area contributed by atoms with E-state index in [0.717, 1.165) is 37.9 Å². The van der Waals surface area contributed by atoms with Crippen LogP contribution in [0, 0.1) is 5.92 Å². The Balaban J connectivity index is 0.00000210. The van der Waals surface area contributed by atoms with Gasteiger partial charge in [-0.25, -0.2) is 0 Å². The SMILES string of the molecule is Cl.Cl.O=C(CCC1CCNCC1)NCc1cccc(C(=O)Nc2ccncc2)c1. The molecule has 2 aromatic rings. The number of nitrogens with zero attached hydrogens (tertiary/aromatic N) is 1. The van der Waals surface area contributed by atoms with E-state index >= 15 is 0 Å². The number of hydrogen-bond donors (Lipinski definition) is 3. The predicted octanol–water partition coefficient (Wildman–Crippen LogP) is 3.57. The molecule has 1 saturated heterocycles. The molecule has 1 aliphatic heterocycles. The Hall–Kier alpha value is -2.15. The predicted molar refractivity (Wildman–Crippen MR) is 120 cm³/mol. The fourth-order valence-corrected chi connectivity index (χ4v) is 3.26. The standard InChI is InChI=1S/C21H26N4O2.2ClH/c26-20(5-4-16-6-10-22-11-7-16)24-15-17-2-1-3-18(14-17)21(27)25-19-8-12-23-13-9-19;;/h1-3,8-9,12-14,16,22H,4-7,10-11,15H2,(H,24,26)(H,23,25,27);2*1H. The van der Waals surface area contributed by atoms with Gasteiger partial charge in [0.2, 0.25) is 5.91 Å². The second-order valence-corrected chi connectivity index (χ2v) is 6.90. The van der Waals surface area contributed by atoms with Crippen LogP contribution in [0.15, 0.2) is 48.8 Å². The van der Waals surface area contributed by atoms with E-state index in [1.54, 1.807) is 30.6 Å². The number of halogens is 2. The van der Waals surface area contributed by atoms with Crippen LogP contribution in [0.5, 0.6) is 0 Å². The summed E-state index contributed by atoms with van der Waals surface area (Å²) in [6.07, 6.45) is 7.08. The van der Waals surface area contributed by atoms with Gasteiger partial charge in [-0.05, 0) is 68.1 Å². The first-order valence-electron chi connectivity index (χ1n) is 9.48. The molecule has 6 nitrogen and oxygen atoms in total. The molecule has 0 radical (unpaired) electrons. The van der Waals surface area contributed by atoms with Crippen molar-refractivity contribution in [3.63, 3.8) is 0 Å². The zero-order valence-corrected chi connectivity index (χ0v) is 17.9. The maximum absolute atomic E-state index is 12.4. The minimum atomic E-state index is -0.180. The van der Waals surface area contributed by atoms with Gasteiger partial charge >= 0.3 is 0 Å². The molecule has 0 saturated carbocycles. The van der Waals surface area contributed by atoms with Gasteiger partial charge in [-0.15, -0.1) is 24.8 Å². The summed E-state index contributed by atoms with van der Waals surface area (Å²) in [5.41, 5.74) is 2.17. The molecule has 2 heterocycles. The van der Waals surface area contributed by atoms with Crippen LogP contribution in [0.25, 0.3) is 0 Å². The number of carbonyl (C=O) groups is 2. The number of amides is 2. The summed E-state index contributed by atoms with van der Waals surface area (Å²) < 4.78 is 0. The quantitative estimate of drug-likeness (QED) is 0.616. The molecular formula is C21H28Cl2N4O2. The van der Waals surface area contributed by atoms with E-state index in [1.165, 1.54) is 0 Å². The second kappa shape index (κ2) is 13.1. The third kappa shape index (κ3) is 8.40. The average Bonchev–Trinajstić information content (AvgIpc) is 2.72. The first-order valence-corrected chi connectivity index (χ1v) is 9.48. The van der Waals surface area contributed by atoms with E-state index in [1.807, 2.05) is 18.2 Å². The fraction of sp³-hybridized carbons (Fsp3) is 0.381. The van der Waals surface area contributed by atoms with Gasteiger partial charge in [0, 0.05) is 36.6 Å². The summed E-state index contributed by atoms with van der Waals surface area (Å²) in [4.78, 5) is 28.4. The van der Waals surface area contributed by atoms with Gasteiger partial charge in [0.05, 0.1) is 0 Å². The summed E-state index contributed by atoms with van der Waals surface area (Å²) in [6, 6.07) is 10.8. The van der Waals surface area contributed by atoms with Crippen molar-refractivity contribution in [3.8, 4) is 0 Å². The normalized spacial score (nSPS) is 13.5. The highest BCUT2D eigenvalue weighted by Gasteiger charge is 2.14. The monoisotopic (exact) mass is 438 g/mol. The van der Waals surface area contributed by atoms with E-state index in [9.17, 15) is 9.59 Å². The third-order valence-electron chi connectivity index (χ3n) is 4.86. The van der Waals surface area contributed by atoms with Crippen LogP contribution in [-0.2, 0) is 11.3 Å². The van der Waals surface area contributed by atoms with Crippen LogP contribution in [-0.4, -0.2) is 29.9 Å². The minimum absolute atomic E-state index is 0. The Kier molecular flexibility index (Phi) is 11.3. The Morgan fingerprint density at radius 3 is 2.52 bits per heavy atom. The summed E-state index contributed by atoms with van der Waals surface area (Å²) in [5, 5.41) is 9.14. The van der Waals surface area contributed by atoms with Gasteiger partial charge in [0.15, 0.2) is 0 Å². The molecule has 1 aliphatic rings. The van der Waals surface area contributed by atoms with Crippen LogP contribution in [0.2, 0.25) is 0 Å². The highest BCUT2D eigenvalue weighted by atomic mass is 35.5. The highest BCUT2D eigenvalue weighted by Crippen LogP contribution is 2.17.